The monoisotopic (exact) mass is 557 g/mol. The first kappa shape index (κ1) is 28.4. The average molecular weight is 557 g/mol. The van der Waals surface area contributed by atoms with E-state index in [9.17, 15) is 49.0 Å². The summed E-state index contributed by atoms with van der Waals surface area (Å²) < 4.78 is 132. The molecule has 204 valence electrons. The number of benzene rings is 2. The van der Waals surface area contributed by atoms with E-state index in [2.05, 4.69) is 30.5 Å². The summed E-state index contributed by atoms with van der Waals surface area (Å²) in [6, 6.07) is 7.57. The topological polar surface area (TPSA) is 91.7 Å². The highest BCUT2D eigenvalue weighted by atomic mass is 19.4. The van der Waals surface area contributed by atoms with Crippen LogP contribution in [0.3, 0.4) is 0 Å². The van der Waals surface area contributed by atoms with E-state index in [1.54, 1.807) is 0 Å². The van der Waals surface area contributed by atoms with Gasteiger partial charge in [-0.2, -0.15) is 45.8 Å². The zero-order chi connectivity index (χ0) is 28.4. The van der Waals surface area contributed by atoms with Crippen molar-refractivity contribution in [1.82, 2.24) is 9.97 Å². The van der Waals surface area contributed by atoms with Crippen LogP contribution in [0.5, 0.6) is 5.75 Å². The van der Waals surface area contributed by atoms with E-state index in [0.29, 0.717) is 17.7 Å². The molecule has 0 saturated carbocycles. The summed E-state index contributed by atoms with van der Waals surface area (Å²) in [5.74, 6) is -2.28. The second kappa shape index (κ2) is 10.3. The molecule has 38 heavy (non-hydrogen) atoms. The number of hydrogen-bond donors (Lipinski definition) is 3. The molecular formula is C21H13F10N5O2. The molecule has 2 aromatic carbocycles. The van der Waals surface area contributed by atoms with Gasteiger partial charge >= 0.3 is 18.7 Å². The van der Waals surface area contributed by atoms with Gasteiger partial charge in [0.15, 0.2) is 0 Å². The van der Waals surface area contributed by atoms with Gasteiger partial charge in [-0.05, 0) is 42.0 Å². The summed E-state index contributed by atoms with van der Waals surface area (Å²) in [4.78, 5) is 7.21. The fraction of sp³-hybridized carbons (Fsp3) is 0.190. The van der Waals surface area contributed by atoms with Gasteiger partial charge in [0.1, 0.15) is 11.6 Å². The average Bonchev–Trinajstić information content (AvgIpc) is 2.77. The number of hydrazone groups is 1. The Morgan fingerprint density at radius 3 is 1.92 bits per heavy atom. The van der Waals surface area contributed by atoms with Crippen LogP contribution in [0.4, 0.5) is 61.4 Å². The molecule has 0 unspecified atom stereocenters. The van der Waals surface area contributed by atoms with Gasteiger partial charge in [-0.15, -0.1) is 13.2 Å². The molecule has 0 bridgehead atoms. The molecule has 3 N–H and O–H groups in total. The minimum absolute atomic E-state index is 0.117. The van der Waals surface area contributed by atoms with Gasteiger partial charge in [0.25, 0.3) is 5.60 Å². The summed E-state index contributed by atoms with van der Waals surface area (Å²) in [5.41, 5.74) is -4.17. The van der Waals surface area contributed by atoms with E-state index in [-0.39, 0.29) is 11.5 Å². The molecule has 0 radical (unpaired) electrons. The Hall–Kier alpha value is -4.15. The number of anilines is 3. The number of aliphatic hydroxyl groups is 1. The maximum atomic E-state index is 13.9. The standard InChI is InChI=1S/C21H13F10N5O2/c22-15-9-16(33-13-5-3-12(4-6-13)18(37,19(23,24)25)20(26,27)28)35-17(34-15)36-32-10-11-1-7-14(8-2-11)38-21(29,30)31/h1-10,37H,(H2,33,34,35,36)/b32-10-. The van der Waals surface area contributed by atoms with E-state index in [4.69, 9.17) is 0 Å². The van der Waals surface area contributed by atoms with Crippen LogP contribution in [0.2, 0.25) is 0 Å². The third-order valence-corrected chi connectivity index (χ3v) is 4.58. The highest BCUT2D eigenvalue weighted by molar-refractivity contribution is 5.80. The van der Waals surface area contributed by atoms with Crippen molar-refractivity contribution in [3.8, 4) is 5.75 Å². The van der Waals surface area contributed by atoms with E-state index in [1.165, 1.54) is 12.1 Å². The summed E-state index contributed by atoms with van der Waals surface area (Å²) in [7, 11) is 0. The van der Waals surface area contributed by atoms with E-state index >= 15 is 0 Å². The van der Waals surface area contributed by atoms with Crippen molar-refractivity contribution in [2.45, 2.75) is 24.3 Å². The lowest BCUT2D eigenvalue weighted by Crippen LogP contribution is -2.53. The summed E-state index contributed by atoms with van der Waals surface area (Å²) >= 11 is 0. The number of halogens is 10. The lowest BCUT2D eigenvalue weighted by molar-refractivity contribution is -0.376. The number of aromatic nitrogens is 2. The van der Waals surface area contributed by atoms with Crippen LogP contribution in [-0.2, 0) is 5.60 Å². The van der Waals surface area contributed by atoms with Gasteiger partial charge in [0, 0.05) is 17.3 Å². The number of nitrogens with one attached hydrogen (secondary N) is 2. The van der Waals surface area contributed by atoms with Crippen molar-refractivity contribution < 1.29 is 53.7 Å². The Bertz CT molecular complexity index is 1260. The number of alkyl halides is 9. The number of hydrogen-bond acceptors (Lipinski definition) is 7. The Labute approximate surface area is 205 Å². The van der Waals surface area contributed by atoms with Crippen molar-refractivity contribution in [3.05, 3.63) is 71.7 Å². The largest absolute Gasteiger partial charge is 0.573 e. The molecule has 0 spiro atoms. The van der Waals surface area contributed by atoms with Crippen LogP contribution in [0.25, 0.3) is 0 Å². The minimum Gasteiger partial charge on any atom is -0.406 e. The highest BCUT2D eigenvalue weighted by Gasteiger charge is 2.71. The molecule has 0 aliphatic carbocycles. The van der Waals surface area contributed by atoms with Crippen molar-refractivity contribution in [3.63, 3.8) is 0 Å². The second-order valence-corrected chi connectivity index (χ2v) is 7.29. The quantitative estimate of drug-likeness (QED) is 0.143. The Kier molecular flexibility index (Phi) is 7.71. The first-order valence-corrected chi connectivity index (χ1v) is 9.91. The van der Waals surface area contributed by atoms with Gasteiger partial charge in [-0.1, -0.05) is 12.1 Å². The molecule has 0 amide bonds. The number of nitrogens with zero attached hydrogens (tertiary/aromatic N) is 3. The molecule has 0 aliphatic heterocycles. The number of ether oxygens (including phenoxy) is 1. The molecule has 1 heterocycles. The van der Waals surface area contributed by atoms with Crippen LogP contribution >= 0.6 is 0 Å². The first-order chi connectivity index (χ1) is 17.5. The fourth-order valence-corrected chi connectivity index (χ4v) is 2.88. The van der Waals surface area contributed by atoms with Gasteiger partial charge < -0.3 is 15.2 Å². The summed E-state index contributed by atoms with van der Waals surface area (Å²) in [5, 5.41) is 15.6. The third kappa shape index (κ3) is 6.78. The van der Waals surface area contributed by atoms with Crippen LogP contribution in [0.1, 0.15) is 11.1 Å². The molecule has 7 nitrogen and oxygen atoms in total. The number of rotatable bonds is 7. The Morgan fingerprint density at radius 2 is 1.39 bits per heavy atom. The maximum Gasteiger partial charge on any atom is 0.573 e. The highest BCUT2D eigenvalue weighted by Crippen LogP contribution is 2.50. The van der Waals surface area contributed by atoms with Gasteiger partial charge in [0.2, 0.25) is 11.9 Å². The third-order valence-electron chi connectivity index (χ3n) is 4.58. The van der Waals surface area contributed by atoms with Crippen molar-refractivity contribution in [2.24, 2.45) is 5.10 Å². The lowest BCUT2D eigenvalue weighted by atomic mass is 9.92. The normalized spacial score (nSPS) is 13.0. The molecule has 0 fully saturated rings. The zero-order valence-corrected chi connectivity index (χ0v) is 18.3. The van der Waals surface area contributed by atoms with Crippen molar-refractivity contribution >= 4 is 23.7 Å². The molecule has 17 heteroatoms. The molecular weight excluding hydrogens is 544 g/mol. The minimum atomic E-state index is -6.06. The SMILES string of the molecule is OC(c1ccc(Nc2cc(F)nc(N/N=C\c3ccc(OC(F)(F)F)cc3)n2)cc1)(C(F)(F)F)C(F)(F)F. The van der Waals surface area contributed by atoms with Crippen LogP contribution in [0.15, 0.2) is 59.7 Å². The van der Waals surface area contributed by atoms with Crippen molar-refractivity contribution in [1.29, 1.82) is 0 Å². The van der Waals surface area contributed by atoms with E-state index < -0.39 is 47.5 Å². The second-order valence-electron chi connectivity index (χ2n) is 7.29. The van der Waals surface area contributed by atoms with Crippen LogP contribution < -0.4 is 15.5 Å². The first-order valence-electron chi connectivity index (χ1n) is 9.91. The molecule has 3 rings (SSSR count). The molecule has 0 aliphatic rings. The smallest absolute Gasteiger partial charge is 0.406 e. The van der Waals surface area contributed by atoms with Gasteiger partial charge in [0.05, 0.1) is 6.21 Å². The Morgan fingerprint density at radius 1 is 0.816 bits per heavy atom. The fourth-order valence-electron chi connectivity index (χ4n) is 2.88. The Balaban J connectivity index is 1.71. The van der Waals surface area contributed by atoms with Gasteiger partial charge in [-0.25, -0.2) is 5.43 Å². The summed E-state index contributed by atoms with van der Waals surface area (Å²) in [6.45, 7) is 0. The molecule has 3 aromatic rings. The van der Waals surface area contributed by atoms with E-state index in [0.717, 1.165) is 36.5 Å². The van der Waals surface area contributed by atoms with Crippen molar-refractivity contribution in [2.75, 3.05) is 10.7 Å². The lowest BCUT2D eigenvalue weighted by Gasteiger charge is -2.32. The molecule has 0 atom stereocenters. The predicted molar refractivity (Wildman–Crippen MR) is 112 cm³/mol. The van der Waals surface area contributed by atoms with Gasteiger partial charge in [-0.3, -0.25) is 0 Å². The zero-order valence-electron chi connectivity index (χ0n) is 18.3. The maximum absolute atomic E-state index is 13.9. The predicted octanol–water partition coefficient (Wildman–Crippen LogP) is 6.02. The summed E-state index contributed by atoms with van der Waals surface area (Å²) in [6.07, 6.45) is -15.9. The van der Waals surface area contributed by atoms with E-state index in [1.807, 2.05) is 0 Å². The van der Waals surface area contributed by atoms with Crippen LogP contribution in [0, 0.1) is 5.95 Å². The van der Waals surface area contributed by atoms with Crippen LogP contribution in [-0.4, -0.2) is 40.0 Å². The molecule has 1 aromatic heterocycles. The molecule has 0 saturated heterocycles.